The molecule has 0 N–H and O–H groups in total. The van der Waals surface area contributed by atoms with Gasteiger partial charge in [-0.05, 0) is 47.4 Å². The van der Waals surface area contributed by atoms with Crippen molar-refractivity contribution in [1.29, 1.82) is 0 Å². The summed E-state index contributed by atoms with van der Waals surface area (Å²) in [6.45, 7) is 0.244. The van der Waals surface area contributed by atoms with Gasteiger partial charge >= 0.3 is 5.97 Å². The monoisotopic (exact) mass is 414 g/mol. The van der Waals surface area contributed by atoms with Crippen molar-refractivity contribution in [2.75, 3.05) is 42.2 Å². The average Bonchev–Trinajstić information content (AvgIpc) is 3.11. The molecule has 7 heteroatoms. The minimum atomic E-state index is -0.387. The zero-order valence-corrected chi connectivity index (χ0v) is 17.8. The number of carbonyl (C=O) groups excluding carboxylic acids is 1. The van der Waals surface area contributed by atoms with Crippen molar-refractivity contribution in [3.05, 3.63) is 47.0 Å². The molecule has 0 amide bonds. The molecule has 1 saturated heterocycles. The summed E-state index contributed by atoms with van der Waals surface area (Å²) in [5.41, 5.74) is 2.66. The Bertz CT molecular complexity index is 924. The minimum absolute atomic E-state index is 0.244. The second kappa shape index (κ2) is 9.43. The summed E-state index contributed by atoms with van der Waals surface area (Å²) in [6, 6.07) is 9.30. The van der Waals surface area contributed by atoms with Crippen LogP contribution in [0.15, 0.2) is 35.9 Å². The van der Waals surface area contributed by atoms with E-state index in [1.165, 1.54) is 0 Å². The van der Waals surface area contributed by atoms with Gasteiger partial charge in [-0.15, -0.1) is 0 Å². The second-order valence-corrected chi connectivity index (χ2v) is 6.73. The van der Waals surface area contributed by atoms with E-state index in [0.29, 0.717) is 35.2 Å². The molecule has 160 valence electrons. The van der Waals surface area contributed by atoms with Crippen molar-refractivity contribution in [2.24, 2.45) is 5.92 Å². The first-order valence-corrected chi connectivity index (χ1v) is 9.42. The van der Waals surface area contributed by atoms with E-state index in [-0.39, 0.29) is 18.5 Å². The van der Waals surface area contributed by atoms with E-state index in [0.717, 1.165) is 16.7 Å². The summed E-state index contributed by atoms with van der Waals surface area (Å²) in [4.78, 5) is 12.4. The van der Waals surface area contributed by atoms with Gasteiger partial charge in [0.2, 0.25) is 5.75 Å². The fourth-order valence-electron chi connectivity index (χ4n) is 3.51. The molecule has 0 aliphatic carbocycles. The Labute approximate surface area is 176 Å². The van der Waals surface area contributed by atoms with Crippen molar-refractivity contribution in [3.63, 3.8) is 0 Å². The number of hydrogen-bond acceptors (Lipinski definition) is 7. The maximum absolute atomic E-state index is 12.4. The predicted octanol–water partition coefficient (Wildman–Crippen LogP) is 3.53. The molecule has 0 spiro atoms. The Morgan fingerprint density at radius 1 is 0.867 bits per heavy atom. The molecule has 7 nitrogen and oxygen atoms in total. The van der Waals surface area contributed by atoms with Crippen LogP contribution >= 0.6 is 0 Å². The van der Waals surface area contributed by atoms with Gasteiger partial charge < -0.3 is 28.4 Å². The summed E-state index contributed by atoms with van der Waals surface area (Å²) in [5.74, 6) is 2.24. The Morgan fingerprint density at radius 3 is 2.07 bits per heavy atom. The molecule has 1 fully saturated rings. The van der Waals surface area contributed by atoms with E-state index in [4.69, 9.17) is 28.4 Å². The van der Waals surface area contributed by atoms with Crippen molar-refractivity contribution in [2.45, 2.75) is 6.42 Å². The number of cyclic esters (lactones) is 1. The lowest BCUT2D eigenvalue weighted by Crippen LogP contribution is -2.12. The summed E-state index contributed by atoms with van der Waals surface area (Å²) < 4.78 is 32.2. The van der Waals surface area contributed by atoms with E-state index < -0.39 is 0 Å². The van der Waals surface area contributed by atoms with Crippen LogP contribution in [0.5, 0.6) is 28.7 Å². The number of rotatable bonds is 8. The predicted molar refractivity (Wildman–Crippen MR) is 112 cm³/mol. The Kier molecular flexibility index (Phi) is 6.72. The fourth-order valence-corrected chi connectivity index (χ4v) is 3.51. The summed E-state index contributed by atoms with van der Waals surface area (Å²) >= 11 is 0. The molecule has 0 bridgehead atoms. The van der Waals surface area contributed by atoms with E-state index in [9.17, 15) is 4.79 Å². The third kappa shape index (κ3) is 4.30. The topological polar surface area (TPSA) is 72.5 Å². The molecule has 2 aromatic rings. The van der Waals surface area contributed by atoms with Crippen LogP contribution in [0.25, 0.3) is 6.08 Å². The van der Waals surface area contributed by atoms with Crippen molar-refractivity contribution >= 4 is 12.0 Å². The molecule has 2 aromatic carbocycles. The van der Waals surface area contributed by atoms with Gasteiger partial charge in [-0.25, -0.2) is 0 Å². The molecule has 0 radical (unpaired) electrons. The highest BCUT2D eigenvalue weighted by molar-refractivity contribution is 5.82. The largest absolute Gasteiger partial charge is 0.493 e. The zero-order chi connectivity index (χ0) is 21.7. The maximum atomic E-state index is 12.4. The first-order chi connectivity index (χ1) is 14.5. The normalized spacial score (nSPS) is 16.9. The van der Waals surface area contributed by atoms with Crippen LogP contribution in [-0.2, 0) is 16.0 Å². The maximum Gasteiger partial charge on any atom is 0.313 e. The molecule has 1 aliphatic rings. The minimum Gasteiger partial charge on any atom is -0.493 e. The number of methoxy groups -OCH3 is 5. The lowest BCUT2D eigenvalue weighted by molar-refractivity contribution is -0.141. The van der Waals surface area contributed by atoms with E-state index >= 15 is 0 Å². The molecule has 1 heterocycles. The summed E-state index contributed by atoms with van der Waals surface area (Å²) in [6.07, 6.45) is 2.43. The quantitative estimate of drug-likeness (QED) is 0.612. The second-order valence-electron chi connectivity index (χ2n) is 6.73. The molecule has 3 rings (SSSR count). The number of carbonyl (C=O) groups is 1. The van der Waals surface area contributed by atoms with E-state index in [1.807, 2.05) is 36.4 Å². The number of hydrogen-bond donors (Lipinski definition) is 0. The third-order valence-corrected chi connectivity index (χ3v) is 5.04. The molecule has 0 aromatic heterocycles. The Balaban J connectivity index is 1.92. The highest BCUT2D eigenvalue weighted by atomic mass is 16.5. The lowest BCUT2D eigenvalue weighted by Gasteiger charge is -2.14. The van der Waals surface area contributed by atoms with E-state index in [2.05, 4.69) is 0 Å². The summed E-state index contributed by atoms with van der Waals surface area (Å²) in [7, 11) is 7.86. The van der Waals surface area contributed by atoms with Crippen LogP contribution in [0.2, 0.25) is 0 Å². The standard InChI is InChI=1S/C23H26O7/c1-25-18-7-6-14(10-19(18)26-2)9-17-16(13-30-23(17)24)8-15-11-20(27-3)22(29-5)21(12-15)28-4/h6-8,10-12,17H,9,13H2,1-5H3/b16-8-/t17-/m0/s1. The van der Waals surface area contributed by atoms with Crippen LogP contribution in [0, 0.1) is 5.92 Å². The van der Waals surface area contributed by atoms with Crippen LogP contribution < -0.4 is 23.7 Å². The van der Waals surface area contributed by atoms with Crippen molar-refractivity contribution < 1.29 is 33.2 Å². The average molecular weight is 414 g/mol. The van der Waals surface area contributed by atoms with Gasteiger partial charge in [-0.3, -0.25) is 4.79 Å². The first kappa shape index (κ1) is 21.4. The van der Waals surface area contributed by atoms with Crippen LogP contribution in [-0.4, -0.2) is 48.1 Å². The van der Waals surface area contributed by atoms with Gasteiger partial charge in [0.15, 0.2) is 23.0 Å². The first-order valence-electron chi connectivity index (χ1n) is 9.42. The fraction of sp³-hybridized carbons (Fsp3) is 0.348. The van der Waals surface area contributed by atoms with Gasteiger partial charge in [0.1, 0.15) is 6.61 Å². The highest BCUT2D eigenvalue weighted by Crippen LogP contribution is 2.39. The Hall–Kier alpha value is -3.35. The number of esters is 1. The van der Waals surface area contributed by atoms with Gasteiger partial charge in [-0.1, -0.05) is 12.1 Å². The van der Waals surface area contributed by atoms with Crippen LogP contribution in [0.4, 0.5) is 0 Å². The van der Waals surface area contributed by atoms with Crippen LogP contribution in [0.1, 0.15) is 11.1 Å². The van der Waals surface area contributed by atoms with Gasteiger partial charge in [-0.2, -0.15) is 0 Å². The SMILES string of the molecule is COc1ccc(C[C@@H]2C(=O)OC/C2=C/c2cc(OC)c(OC)c(OC)c2)cc1OC. The molecule has 1 atom stereocenters. The van der Waals surface area contributed by atoms with E-state index in [1.54, 1.807) is 35.5 Å². The number of ether oxygens (including phenoxy) is 6. The van der Waals surface area contributed by atoms with Gasteiger partial charge in [0, 0.05) is 0 Å². The molecule has 0 unspecified atom stereocenters. The van der Waals surface area contributed by atoms with Crippen molar-refractivity contribution in [1.82, 2.24) is 0 Å². The van der Waals surface area contributed by atoms with Crippen LogP contribution in [0.3, 0.4) is 0 Å². The smallest absolute Gasteiger partial charge is 0.313 e. The van der Waals surface area contributed by atoms with Gasteiger partial charge in [0.25, 0.3) is 0 Å². The summed E-state index contributed by atoms with van der Waals surface area (Å²) in [5, 5.41) is 0. The Morgan fingerprint density at radius 2 is 1.50 bits per heavy atom. The lowest BCUT2D eigenvalue weighted by atomic mass is 9.92. The highest BCUT2D eigenvalue weighted by Gasteiger charge is 2.32. The third-order valence-electron chi connectivity index (χ3n) is 5.04. The molecule has 1 aliphatic heterocycles. The number of benzene rings is 2. The van der Waals surface area contributed by atoms with Crippen molar-refractivity contribution in [3.8, 4) is 28.7 Å². The molecule has 30 heavy (non-hydrogen) atoms. The van der Waals surface area contributed by atoms with Gasteiger partial charge in [0.05, 0.1) is 41.5 Å². The molecule has 0 saturated carbocycles. The zero-order valence-electron chi connectivity index (χ0n) is 17.8. The molecular weight excluding hydrogens is 388 g/mol. The molecular formula is C23H26O7.